The highest BCUT2D eigenvalue weighted by atomic mass is 16.5. The number of primary amides is 1. The van der Waals surface area contributed by atoms with Crippen LogP contribution in [0.25, 0.3) is 0 Å². The topological polar surface area (TPSA) is 111 Å². The number of rotatable bonds is 8. The number of ketones is 1. The van der Waals surface area contributed by atoms with Crippen molar-refractivity contribution in [3.63, 3.8) is 0 Å². The van der Waals surface area contributed by atoms with E-state index in [1.54, 1.807) is 43.3 Å². The highest BCUT2D eigenvalue weighted by Gasteiger charge is 2.05. The molecule has 0 radical (unpaired) electrons. The smallest absolute Gasteiger partial charge is 0.316 e. The maximum atomic E-state index is 12.0. The molecule has 0 fully saturated rings. The molecule has 2 rings (SSSR count). The number of urea groups is 1. The fraction of sp³-hybridized carbons (Fsp3) is 0.211. The Morgan fingerprint density at radius 2 is 1.65 bits per heavy atom. The lowest BCUT2D eigenvalue weighted by molar-refractivity contribution is -0.118. The molecular formula is C19H21N3O4. The molecule has 0 bridgehead atoms. The van der Waals surface area contributed by atoms with Gasteiger partial charge in [-0.2, -0.15) is 0 Å². The number of nitrogens with one attached hydrogen (secondary N) is 2. The van der Waals surface area contributed by atoms with E-state index >= 15 is 0 Å². The van der Waals surface area contributed by atoms with Crippen LogP contribution in [-0.2, 0) is 16.0 Å². The fourth-order valence-electron chi connectivity index (χ4n) is 2.24. The van der Waals surface area contributed by atoms with Crippen molar-refractivity contribution >= 4 is 29.1 Å². The van der Waals surface area contributed by atoms with Gasteiger partial charge in [-0.1, -0.05) is 18.2 Å². The number of carbonyl (C=O) groups is 3. The molecule has 7 nitrogen and oxygen atoms in total. The number of benzene rings is 2. The van der Waals surface area contributed by atoms with Crippen LogP contribution in [0.3, 0.4) is 0 Å². The Labute approximate surface area is 151 Å². The molecule has 0 aliphatic rings. The lowest BCUT2D eigenvalue weighted by Gasteiger charge is -2.09. The van der Waals surface area contributed by atoms with E-state index in [1.807, 2.05) is 12.1 Å². The predicted molar refractivity (Wildman–Crippen MR) is 99.2 cm³/mol. The number of aryl methyl sites for hydroxylation is 1. The summed E-state index contributed by atoms with van der Waals surface area (Å²) < 4.78 is 5.45. The van der Waals surface area contributed by atoms with Gasteiger partial charge < -0.3 is 25.9 Å². The molecule has 0 unspecified atom stereocenters. The Morgan fingerprint density at radius 3 is 2.27 bits per heavy atom. The van der Waals surface area contributed by atoms with Gasteiger partial charge in [-0.15, -0.1) is 0 Å². The lowest BCUT2D eigenvalue weighted by atomic mass is 10.1. The van der Waals surface area contributed by atoms with Gasteiger partial charge in [0.25, 0.3) is 5.91 Å². The average molecular weight is 355 g/mol. The minimum absolute atomic E-state index is 0.150. The molecule has 0 saturated heterocycles. The molecule has 0 spiro atoms. The van der Waals surface area contributed by atoms with E-state index in [9.17, 15) is 14.4 Å². The standard InChI is InChI=1S/C19H21N3O4/c1-13(23)5-6-14-7-9-17(10-8-14)26-12-18(24)21-15-3-2-4-16(11-15)22-19(20)25/h2-4,7-11H,5-6,12H2,1H3,(H,21,24)(H3,20,22,25). The summed E-state index contributed by atoms with van der Waals surface area (Å²) >= 11 is 0. The summed E-state index contributed by atoms with van der Waals surface area (Å²) in [5.74, 6) is 0.384. The van der Waals surface area contributed by atoms with Gasteiger partial charge in [0.2, 0.25) is 0 Å². The van der Waals surface area contributed by atoms with Gasteiger partial charge in [-0.25, -0.2) is 4.79 Å². The molecule has 26 heavy (non-hydrogen) atoms. The van der Waals surface area contributed by atoms with Crippen LogP contribution in [0, 0.1) is 0 Å². The van der Waals surface area contributed by atoms with Gasteiger partial charge in [0.15, 0.2) is 6.61 Å². The molecule has 2 aromatic carbocycles. The van der Waals surface area contributed by atoms with Gasteiger partial charge in [-0.3, -0.25) is 4.79 Å². The predicted octanol–water partition coefficient (Wildman–Crippen LogP) is 2.72. The number of amides is 3. The summed E-state index contributed by atoms with van der Waals surface area (Å²) in [7, 11) is 0. The van der Waals surface area contributed by atoms with Crippen molar-refractivity contribution in [2.24, 2.45) is 5.73 Å². The molecule has 0 aliphatic carbocycles. The zero-order valence-corrected chi connectivity index (χ0v) is 14.5. The van der Waals surface area contributed by atoms with Gasteiger partial charge in [0, 0.05) is 17.8 Å². The van der Waals surface area contributed by atoms with Crippen LogP contribution < -0.4 is 21.1 Å². The molecule has 7 heteroatoms. The number of Topliss-reactive ketones (excluding diaryl/α,β-unsaturated/α-hetero) is 1. The fourth-order valence-corrected chi connectivity index (χ4v) is 2.24. The van der Waals surface area contributed by atoms with Crippen molar-refractivity contribution in [2.45, 2.75) is 19.8 Å². The Balaban J connectivity index is 1.83. The van der Waals surface area contributed by atoms with Crippen LogP contribution >= 0.6 is 0 Å². The third-order valence-electron chi connectivity index (χ3n) is 3.47. The van der Waals surface area contributed by atoms with Crippen LogP contribution in [0.2, 0.25) is 0 Å². The normalized spacial score (nSPS) is 10.0. The lowest BCUT2D eigenvalue weighted by Crippen LogP contribution is -2.21. The summed E-state index contributed by atoms with van der Waals surface area (Å²) in [5, 5.41) is 5.11. The molecule has 2 aromatic rings. The van der Waals surface area contributed by atoms with E-state index < -0.39 is 6.03 Å². The van der Waals surface area contributed by atoms with Crippen molar-refractivity contribution in [1.29, 1.82) is 0 Å². The van der Waals surface area contributed by atoms with E-state index in [2.05, 4.69) is 10.6 Å². The Bertz CT molecular complexity index is 788. The summed E-state index contributed by atoms with van der Waals surface area (Å²) in [5.41, 5.74) is 7.10. The van der Waals surface area contributed by atoms with Crippen molar-refractivity contribution < 1.29 is 19.1 Å². The Hall–Kier alpha value is -3.35. The zero-order chi connectivity index (χ0) is 18.9. The summed E-state index contributed by atoms with van der Waals surface area (Å²) in [6.45, 7) is 1.41. The van der Waals surface area contributed by atoms with Crippen molar-refractivity contribution in [3.8, 4) is 5.75 Å². The van der Waals surface area contributed by atoms with Crippen molar-refractivity contribution in [1.82, 2.24) is 0 Å². The van der Waals surface area contributed by atoms with Crippen LogP contribution in [0.5, 0.6) is 5.75 Å². The zero-order valence-electron chi connectivity index (χ0n) is 14.5. The highest BCUT2D eigenvalue weighted by molar-refractivity contribution is 5.93. The minimum Gasteiger partial charge on any atom is -0.484 e. The van der Waals surface area contributed by atoms with E-state index in [0.717, 1.165) is 5.56 Å². The van der Waals surface area contributed by atoms with Gasteiger partial charge in [0.05, 0.1) is 0 Å². The third kappa shape index (κ3) is 6.64. The number of hydrogen-bond donors (Lipinski definition) is 3. The summed E-state index contributed by atoms with van der Waals surface area (Å²) in [4.78, 5) is 33.8. The number of carbonyl (C=O) groups excluding carboxylic acids is 3. The largest absolute Gasteiger partial charge is 0.484 e. The first-order valence-electron chi connectivity index (χ1n) is 8.10. The second kappa shape index (κ2) is 9.22. The van der Waals surface area contributed by atoms with Crippen molar-refractivity contribution in [2.75, 3.05) is 17.2 Å². The first-order chi connectivity index (χ1) is 12.4. The van der Waals surface area contributed by atoms with E-state index in [0.29, 0.717) is 30.0 Å². The minimum atomic E-state index is -0.677. The summed E-state index contributed by atoms with van der Waals surface area (Å²) in [6, 6.07) is 13.2. The van der Waals surface area contributed by atoms with Crippen molar-refractivity contribution in [3.05, 3.63) is 54.1 Å². The van der Waals surface area contributed by atoms with E-state index in [1.165, 1.54) is 0 Å². The second-order valence-corrected chi connectivity index (χ2v) is 5.75. The molecule has 3 amide bonds. The molecule has 0 aromatic heterocycles. The molecule has 0 atom stereocenters. The molecular weight excluding hydrogens is 334 g/mol. The molecule has 4 N–H and O–H groups in total. The first kappa shape index (κ1) is 19.0. The number of anilines is 2. The monoisotopic (exact) mass is 355 g/mol. The van der Waals surface area contributed by atoms with Gasteiger partial charge in [0.1, 0.15) is 11.5 Å². The average Bonchev–Trinajstić information content (AvgIpc) is 2.59. The Morgan fingerprint density at radius 1 is 1.00 bits per heavy atom. The van der Waals surface area contributed by atoms with Crippen LogP contribution in [0.4, 0.5) is 16.2 Å². The molecule has 0 heterocycles. The number of ether oxygens (including phenoxy) is 1. The third-order valence-corrected chi connectivity index (χ3v) is 3.47. The van der Waals surface area contributed by atoms with Gasteiger partial charge in [-0.05, 0) is 49.2 Å². The SMILES string of the molecule is CC(=O)CCc1ccc(OCC(=O)Nc2cccc(NC(N)=O)c2)cc1. The van der Waals surface area contributed by atoms with Crippen LogP contribution in [0.15, 0.2) is 48.5 Å². The maximum Gasteiger partial charge on any atom is 0.316 e. The molecule has 136 valence electrons. The van der Waals surface area contributed by atoms with Crippen LogP contribution in [-0.4, -0.2) is 24.3 Å². The van der Waals surface area contributed by atoms with Gasteiger partial charge >= 0.3 is 6.03 Å². The number of nitrogens with two attached hydrogens (primary N) is 1. The quantitative estimate of drug-likeness (QED) is 0.676. The maximum absolute atomic E-state index is 12.0. The molecule has 0 saturated carbocycles. The first-order valence-corrected chi connectivity index (χ1v) is 8.10. The Kier molecular flexibility index (Phi) is 6.73. The van der Waals surface area contributed by atoms with E-state index in [-0.39, 0.29) is 18.3 Å². The highest BCUT2D eigenvalue weighted by Crippen LogP contribution is 2.16. The second-order valence-electron chi connectivity index (χ2n) is 5.75. The van der Waals surface area contributed by atoms with Crippen LogP contribution in [0.1, 0.15) is 18.9 Å². The van der Waals surface area contributed by atoms with E-state index in [4.69, 9.17) is 10.5 Å². The number of hydrogen-bond acceptors (Lipinski definition) is 4. The molecule has 0 aliphatic heterocycles. The summed E-state index contributed by atoms with van der Waals surface area (Å²) in [6.07, 6.45) is 1.19.